The zero-order valence-electron chi connectivity index (χ0n) is 8.91. The van der Waals surface area contributed by atoms with Gasteiger partial charge in [0.1, 0.15) is 6.10 Å². The van der Waals surface area contributed by atoms with E-state index in [1.807, 2.05) is 24.3 Å². The Morgan fingerprint density at radius 3 is 2.94 bits per heavy atom. The van der Waals surface area contributed by atoms with Gasteiger partial charge in [0.25, 0.3) is 0 Å². The van der Waals surface area contributed by atoms with Crippen molar-refractivity contribution in [2.24, 2.45) is 5.73 Å². The molecule has 16 heavy (non-hydrogen) atoms. The fraction of sp³-hybridized carbons (Fsp3) is 0.300. The summed E-state index contributed by atoms with van der Waals surface area (Å²) in [6.07, 6.45) is -0.716. The number of hydrogen-bond donors (Lipinski definition) is 2. The second-order valence-corrected chi connectivity index (χ2v) is 3.49. The summed E-state index contributed by atoms with van der Waals surface area (Å²) in [4.78, 5) is 1.38. The fourth-order valence-electron chi connectivity index (χ4n) is 1.31. The Balaban J connectivity index is 2.34. The van der Waals surface area contributed by atoms with Crippen molar-refractivity contribution in [3.63, 3.8) is 0 Å². The maximum atomic E-state index is 9.29. The van der Waals surface area contributed by atoms with Gasteiger partial charge in [0.05, 0.1) is 5.69 Å². The number of rotatable bonds is 3. The minimum Gasteiger partial charge on any atom is -0.385 e. The molecule has 0 bridgehead atoms. The molecule has 0 spiro atoms. The van der Waals surface area contributed by atoms with Crippen LogP contribution in [-0.4, -0.2) is 25.3 Å². The highest BCUT2D eigenvalue weighted by Crippen LogP contribution is 2.09. The summed E-state index contributed by atoms with van der Waals surface area (Å²) >= 11 is 0. The summed E-state index contributed by atoms with van der Waals surface area (Å²) in [6, 6.07) is 7.54. The quantitative estimate of drug-likeness (QED) is 0.768. The molecule has 0 amide bonds. The van der Waals surface area contributed by atoms with Crippen LogP contribution in [0.15, 0.2) is 24.3 Å². The molecule has 2 aromatic rings. The highest BCUT2D eigenvalue weighted by molar-refractivity contribution is 5.33. The molecule has 1 unspecified atom stereocenters. The molecule has 1 aromatic carbocycles. The number of aliphatic hydroxyl groups is 1. The minimum atomic E-state index is -0.716. The molecule has 0 saturated carbocycles. The van der Waals surface area contributed by atoms with Gasteiger partial charge in [0.15, 0.2) is 0 Å². The van der Waals surface area contributed by atoms with Gasteiger partial charge in [-0.1, -0.05) is 12.1 Å². The molecule has 0 aliphatic rings. The smallest absolute Gasteiger partial charge is 0.203 e. The summed E-state index contributed by atoms with van der Waals surface area (Å²) in [5.74, 6) is 0.304. The summed E-state index contributed by atoms with van der Waals surface area (Å²) < 4.78 is 0. The highest BCUT2D eigenvalue weighted by Gasteiger charge is 2.09. The lowest BCUT2D eigenvalue weighted by Crippen LogP contribution is -2.03. The summed E-state index contributed by atoms with van der Waals surface area (Å²) in [5, 5.41) is 21.0. The molecule has 1 aromatic heterocycles. The van der Waals surface area contributed by atoms with Crippen LogP contribution < -0.4 is 5.73 Å². The second-order valence-electron chi connectivity index (χ2n) is 3.49. The predicted molar refractivity (Wildman–Crippen MR) is 57.7 cm³/mol. The molecule has 3 N–H and O–H groups in total. The molecule has 6 nitrogen and oxygen atoms in total. The van der Waals surface area contributed by atoms with Crippen LogP contribution in [0.2, 0.25) is 0 Å². The van der Waals surface area contributed by atoms with E-state index in [9.17, 15) is 5.11 Å². The third kappa shape index (κ3) is 2.07. The molecular formula is C10H13N5O. The molecule has 1 heterocycles. The zero-order chi connectivity index (χ0) is 11.5. The van der Waals surface area contributed by atoms with Crippen molar-refractivity contribution in [1.29, 1.82) is 0 Å². The molecule has 0 aliphatic heterocycles. The average Bonchev–Trinajstić information content (AvgIpc) is 2.78. The molecule has 0 radical (unpaired) electrons. The van der Waals surface area contributed by atoms with Gasteiger partial charge in [0.2, 0.25) is 5.82 Å². The average molecular weight is 219 g/mol. The Morgan fingerprint density at radius 2 is 2.31 bits per heavy atom. The Labute approximate surface area is 92.7 Å². The first-order valence-electron chi connectivity index (χ1n) is 4.98. The van der Waals surface area contributed by atoms with Crippen molar-refractivity contribution in [2.45, 2.75) is 19.6 Å². The standard InChI is InChI=1S/C10H13N5O/c1-7(16)10-12-14-15(13-10)9-4-2-3-8(5-9)6-11/h2-5,7,16H,6,11H2,1H3. The Morgan fingerprint density at radius 1 is 1.50 bits per heavy atom. The molecule has 0 aliphatic carbocycles. The molecular weight excluding hydrogens is 206 g/mol. The largest absolute Gasteiger partial charge is 0.385 e. The van der Waals surface area contributed by atoms with E-state index in [0.29, 0.717) is 12.4 Å². The first-order chi connectivity index (χ1) is 7.70. The first-order valence-corrected chi connectivity index (χ1v) is 4.98. The lowest BCUT2D eigenvalue weighted by Gasteiger charge is -2.01. The first kappa shape index (κ1) is 10.7. The summed E-state index contributed by atoms with van der Waals surface area (Å²) in [6.45, 7) is 2.06. The van der Waals surface area contributed by atoms with E-state index in [1.54, 1.807) is 6.92 Å². The normalized spacial score (nSPS) is 12.7. The van der Waals surface area contributed by atoms with E-state index in [4.69, 9.17) is 5.73 Å². The van der Waals surface area contributed by atoms with Crippen LogP contribution in [0.3, 0.4) is 0 Å². The predicted octanol–water partition coefficient (Wildman–Crippen LogP) is 0.174. The highest BCUT2D eigenvalue weighted by atomic mass is 16.3. The SMILES string of the molecule is CC(O)c1nnn(-c2cccc(CN)c2)n1. The monoisotopic (exact) mass is 219 g/mol. The lowest BCUT2D eigenvalue weighted by molar-refractivity contribution is 0.188. The number of aromatic nitrogens is 4. The van der Waals surface area contributed by atoms with Crippen molar-refractivity contribution in [3.05, 3.63) is 35.7 Å². The van der Waals surface area contributed by atoms with E-state index in [-0.39, 0.29) is 0 Å². The van der Waals surface area contributed by atoms with Gasteiger partial charge in [-0.15, -0.1) is 15.0 Å². The van der Waals surface area contributed by atoms with Crippen molar-refractivity contribution in [2.75, 3.05) is 0 Å². The van der Waals surface area contributed by atoms with E-state index in [1.165, 1.54) is 4.80 Å². The van der Waals surface area contributed by atoms with E-state index in [0.717, 1.165) is 11.3 Å². The van der Waals surface area contributed by atoms with E-state index < -0.39 is 6.10 Å². The number of nitrogens with zero attached hydrogens (tertiary/aromatic N) is 4. The number of hydrogen-bond acceptors (Lipinski definition) is 5. The Kier molecular flexibility index (Phi) is 2.93. The third-order valence-electron chi connectivity index (χ3n) is 2.18. The van der Waals surface area contributed by atoms with Crippen LogP contribution in [0.5, 0.6) is 0 Å². The van der Waals surface area contributed by atoms with Crippen LogP contribution in [0.25, 0.3) is 5.69 Å². The molecule has 2 rings (SSSR count). The van der Waals surface area contributed by atoms with Gasteiger partial charge in [-0.2, -0.15) is 0 Å². The van der Waals surface area contributed by atoms with Crippen LogP contribution >= 0.6 is 0 Å². The van der Waals surface area contributed by atoms with Gasteiger partial charge in [-0.25, -0.2) is 0 Å². The minimum absolute atomic E-state index is 0.304. The van der Waals surface area contributed by atoms with Crippen LogP contribution in [0.4, 0.5) is 0 Å². The van der Waals surface area contributed by atoms with E-state index in [2.05, 4.69) is 15.4 Å². The van der Waals surface area contributed by atoms with Gasteiger partial charge in [-0.05, 0) is 29.8 Å². The van der Waals surface area contributed by atoms with Gasteiger partial charge < -0.3 is 10.8 Å². The van der Waals surface area contributed by atoms with Gasteiger partial charge in [0, 0.05) is 6.54 Å². The topological polar surface area (TPSA) is 89.9 Å². The zero-order valence-corrected chi connectivity index (χ0v) is 8.91. The van der Waals surface area contributed by atoms with Crippen molar-refractivity contribution >= 4 is 0 Å². The molecule has 1 atom stereocenters. The third-order valence-corrected chi connectivity index (χ3v) is 2.18. The number of nitrogens with two attached hydrogens (primary N) is 1. The van der Waals surface area contributed by atoms with Crippen LogP contribution in [0.1, 0.15) is 24.4 Å². The molecule has 0 saturated heterocycles. The number of benzene rings is 1. The Hall–Kier alpha value is -1.79. The van der Waals surface area contributed by atoms with Gasteiger partial charge in [-0.3, -0.25) is 0 Å². The van der Waals surface area contributed by atoms with Crippen LogP contribution in [-0.2, 0) is 6.54 Å². The maximum absolute atomic E-state index is 9.29. The van der Waals surface area contributed by atoms with Crippen LogP contribution in [0, 0.1) is 0 Å². The second kappa shape index (κ2) is 4.38. The summed E-state index contributed by atoms with van der Waals surface area (Å²) in [5.41, 5.74) is 7.32. The Bertz CT molecular complexity index is 480. The molecule has 6 heteroatoms. The maximum Gasteiger partial charge on any atom is 0.203 e. The number of aliphatic hydroxyl groups excluding tert-OH is 1. The van der Waals surface area contributed by atoms with Crippen molar-refractivity contribution < 1.29 is 5.11 Å². The summed E-state index contributed by atoms with van der Waals surface area (Å²) in [7, 11) is 0. The van der Waals surface area contributed by atoms with E-state index >= 15 is 0 Å². The fourth-order valence-corrected chi connectivity index (χ4v) is 1.31. The van der Waals surface area contributed by atoms with Gasteiger partial charge >= 0.3 is 0 Å². The molecule has 84 valence electrons. The molecule has 0 fully saturated rings. The van der Waals surface area contributed by atoms with Crippen molar-refractivity contribution in [3.8, 4) is 5.69 Å². The van der Waals surface area contributed by atoms with Crippen molar-refractivity contribution in [1.82, 2.24) is 20.2 Å². The number of tetrazole rings is 1. The lowest BCUT2D eigenvalue weighted by atomic mass is 10.2.